The maximum Gasteiger partial charge on any atom is 0.315 e. The van der Waals surface area contributed by atoms with Crippen molar-refractivity contribution in [3.63, 3.8) is 0 Å². The van der Waals surface area contributed by atoms with Crippen LogP contribution in [0.25, 0.3) is 11.4 Å². The second-order valence-corrected chi connectivity index (χ2v) is 4.25. The van der Waals surface area contributed by atoms with Crippen LogP contribution in [-0.4, -0.2) is 28.2 Å². The third-order valence-corrected chi connectivity index (χ3v) is 3.05. The Morgan fingerprint density at radius 3 is 2.71 bits per heavy atom. The van der Waals surface area contributed by atoms with E-state index in [4.69, 9.17) is 9.47 Å². The van der Waals surface area contributed by atoms with Crippen LogP contribution in [0.2, 0.25) is 0 Å². The van der Waals surface area contributed by atoms with E-state index in [1.165, 1.54) is 13.2 Å². The van der Waals surface area contributed by atoms with E-state index < -0.39 is 4.92 Å². The standard InChI is InChI=1S/C14H17N3O4/c1-4-16-7-6-15-14(16)10-8-11(17(18)19)13(20-3)12(9-10)21-5-2/h6-9H,4-5H2,1-3H3. The Morgan fingerprint density at radius 1 is 1.38 bits per heavy atom. The fourth-order valence-electron chi connectivity index (χ4n) is 2.14. The van der Waals surface area contributed by atoms with Gasteiger partial charge in [-0.2, -0.15) is 0 Å². The van der Waals surface area contributed by atoms with Gasteiger partial charge in [0.1, 0.15) is 5.82 Å². The van der Waals surface area contributed by atoms with Crippen molar-refractivity contribution in [2.24, 2.45) is 0 Å². The topological polar surface area (TPSA) is 79.4 Å². The number of nitro groups is 1. The number of hydrogen-bond donors (Lipinski definition) is 0. The number of imidazole rings is 1. The Labute approximate surface area is 122 Å². The van der Waals surface area contributed by atoms with Gasteiger partial charge in [-0.25, -0.2) is 4.98 Å². The summed E-state index contributed by atoms with van der Waals surface area (Å²) in [6.07, 6.45) is 3.49. The number of nitro benzene ring substituents is 1. The van der Waals surface area contributed by atoms with Gasteiger partial charge in [-0.05, 0) is 19.9 Å². The predicted molar refractivity (Wildman–Crippen MR) is 77.7 cm³/mol. The lowest BCUT2D eigenvalue weighted by Crippen LogP contribution is -2.02. The van der Waals surface area contributed by atoms with E-state index in [9.17, 15) is 10.1 Å². The van der Waals surface area contributed by atoms with Gasteiger partial charge in [0, 0.05) is 30.6 Å². The molecular weight excluding hydrogens is 274 g/mol. The van der Waals surface area contributed by atoms with E-state index in [0.29, 0.717) is 23.7 Å². The van der Waals surface area contributed by atoms with Crippen LogP contribution in [0.1, 0.15) is 13.8 Å². The number of aromatic nitrogens is 2. The first kappa shape index (κ1) is 14.8. The van der Waals surface area contributed by atoms with Crippen LogP contribution in [0.4, 0.5) is 5.69 Å². The molecule has 7 nitrogen and oxygen atoms in total. The highest BCUT2D eigenvalue weighted by atomic mass is 16.6. The van der Waals surface area contributed by atoms with Gasteiger partial charge in [0.2, 0.25) is 5.75 Å². The molecule has 0 saturated heterocycles. The van der Waals surface area contributed by atoms with Crippen LogP contribution in [0.3, 0.4) is 0 Å². The van der Waals surface area contributed by atoms with E-state index in [1.807, 2.05) is 24.6 Å². The molecular formula is C14H17N3O4. The number of rotatable bonds is 6. The number of hydrogen-bond acceptors (Lipinski definition) is 5. The summed E-state index contributed by atoms with van der Waals surface area (Å²) in [6.45, 7) is 4.90. The lowest BCUT2D eigenvalue weighted by atomic mass is 10.1. The molecule has 0 bridgehead atoms. The van der Waals surface area contributed by atoms with Gasteiger partial charge in [-0.15, -0.1) is 0 Å². The van der Waals surface area contributed by atoms with Gasteiger partial charge in [0.25, 0.3) is 0 Å². The molecule has 0 unspecified atom stereocenters. The second kappa shape index (κ2) is 6.25. The number of methoxy groups -OCH3 is 1. The molecule has 0 aliphatic heterocycles. The summed E-state index contributed by atoms with van der Waals surface area (Å²) < 4.78 is 12.5. The second-order valence-electron chi connectivity index (χ2n) is 4.25. The molecule has 7 heteroatoms. The molecule has 2 rings (SSSR count). The molecule has 0 aliphatic carbocycles. The highest BCUT2D eigenvalue weighted by molar-refractivity contribution is 5.69. The van der Waals surface area contributed by atoms with Gasteiger partial charge in [0.05, 0.1) is 18.6 Å². The zero-order valence-electron chi connectivity index (χ0n) is 12.2. The molecule has 2 aromatic rings. The molecule has 0 N–H and O–H groups in total. The van der Waals surface area contributed by atoms with Gasteiger partial charge in [-0.1, -0.05) is 0 Å². The first-order valence-corrected chi connectivity index (χ1v) is 6.63. The first-order chi connectivity index (χ1) is 10.1. The van der Waals surface area contributed by atoms with E-state index in [0.717, 1.165) is 6.54 Å². The molecule has 21 heavy (non-hydrogen) atoms. The molecule has 1 heterocycles. The minimum Gasteiger partial charge on any atom is -0.490 e. The van der Waals surface area contributed by atoms with Gasteiger partial charge in [0.15, 0.2) is 5.75 Å². The van der Waals surface area contributed by atoms with Crippen LogP contribution in [-0.2, 0) is 6.54 Å². The quantitative estimate of drug-likeness (QED) is 0.604. The molecule has 0 amide bonds. The summed E-state index contributed by atoms with van der Waals surface area (Å²) in [4.78, 5) is 15.0. The van der Waals surface area contributed by atoms with Gasteiger partial charge >= 0.3 is 5.69 Å². The van der Waals surface area contributed by atoms with Crippen molar-refractivity contribution < 1.29 is 14.4 Å². The summed E-state index contributed by atoms with van der Waals surface area (Å²) in [6, 6.07) is 3.17. The summed E-state index contributed by atoms with van der Waals surface area (Å²) in [5.74, 6) is 1.12. The van der Waals surface area contributed by atoms with E-state index in [1.54, 1.807) is 12.3 Å². The summed E-state index contributed by atoms with van der Waals surface area (Å²) in [5.41, 5.74) is 0.488. The normalized spacial score (nSPS) is 10.4. The zero-order chi connectivity index (χ0) is 15.4. The Kier molecular flexibility index (Phi) is 4.42. The third kappa shape index (κ3) is 2.81. The SMILES string of the molecule is CCOc1cc(-c2nccn2CC)cc([N+](=O)[O-])c1OC. The largest absolute Gasteiger partial charge is 0.490 e. The van der Waals surface area contributed by atoms with Crippen molar-refractivity contribution in [2.75, 3.05) is 13.7 Å². The molecule has 112 valence electrons. The minimum absolute atomic E-state index is 0.125. The average molecular weight is 291 g/mol. The van der Waals surface area contributed by atoms with Crippen molar-refractivity contribution in [3.05, 3.63) is 34.6 Å². The third-order valence-electron chi connectivity index (χ3n) is 3.05. The summed E-state index contributed by atoms with van der Waals surface area (Å²) >= 11 is 0. The van der Waals surface area contributed by atoms with E-state index in [2.05, 4.69) is 4.98 Å². The smallest absolute Gasteiger partial charge is 0.315 e. The summed E-state index contributed by atoms with van der Waals surface area (Å²) in [7, 11) is 1.39. The number of ether oxygens (including phenoxy) is 2. The average Bonchev–Trinajstić information content (AvgIpc) is 2.95. The predicted octanol–water partition coefficient (Wildman–Crippen LogP) is 2.89. The molecule has 1 aromatic carbocycles. The van der Waals surface area contributed by atoms with Crippen LogP contribution < -0.4 is 9.47 Å². The lowest BCUT2D eigenvalue weighted by Gasteiger charge is -2.12. The van der Waals surface area contributed by atoms with Crippen molar-refractivity contribution in [3.8, 4) is 22.9 Å². The number of nitrogens with zero attached hydrogens (tertiary/aromatic N) is 3. The molecule has 0 atom stereocenters. The maximum absolute atomic E-state index is 11.3. The lowest BCUT2D eigenvalue weighted by molar-refractivity contribution is -0.385. The number of aryl methyl sites for hydroxylation is 1. The Balaban J connectivity index is 2.65. The van der Waals surface area contributed by atoms with Crippen molar-refractivity contribution in [1.82, 2.24) is 9.55 Å². The van der Waals surface area contributed by atoms with Crippen molar-refractivity contribution in [2.45, 2.75) is 20.4 Å². The molecule has 0 fully saturated rings. The molecule has 0 saturated carbocycles. The van der Waals surface area contributed by atoms with E-state index in [-0.39, 0.29) is 11.4 Å². The Bertz CT molecular complexity index is 652. The minimum atomic E-state index is -0.482. The van der Waals surface area contributed by atoms with Crippen molar-refractivity contribution >= 4 is 5.69 Å². The van der Waals surface area contributed by atoms with E-state index >= 15 is 0 Å². The highest BCUT2D eigenvalue weighted by Gasteiger charge is 2.23. The molecule has 0 spiro atoms. The maximum atomic E-state index is 11.3. The number of benzene rings is 1. The highest BCUT2D eigenvalue weighted by Crippen LogP contribution is 2.40. The van der Waals surface area contributed by atoms with Gasteiger partial charge in [-0.3, -0.25) is 10.1 Å². The van der Waals surface area contributed by atoms with Crippen LogP contribution in [0.15, 0.2) is 24.5 Å². The van der Waals surface area contributed by atoms with Crippen LogP contribution in [0, 0.1) is 10.1 Å². The molecule has 1 aromatic heterocycles. The fraction of sp³-hybridized carbons (Fsp3) is 0.357. The molecule has 0 radical (unpaired) electrons. The van der Waals surface area contributed by atoms with Crippen LogP contribution in [0.5, 0.6) is 11.5 Å². The van der Waals surface area contributed by atoms with Crippen LogP contribution >= 0.6 is 0 Å². The summed E-state index contributed by atoms with van der Waals surface area (Å²) in [5, 5.41) is 11.3. The molecule has 0 aliphatic rings. The Morgan fingerprint density at radius 2 is 2.14 bits per heavy atom. The van der Waals surface area contributed by atoms with Gasteiger partial charge < -0.3 is 14.0 Å². The monoisotopic (exact) mass is 291 g/mol. The van der Waals surface area contributed by atoms with Crippen molar-refractivity contribution in [1.29, 1.82) is 0 Å². The Hall–Kier alpha value is -2.57. The zero-order valence-corrected chi connectivity index (χ0v) is 12.2. The fourth-order valence-corrected chi connectivity index (χ4v) is 2.14. The first-order valence-electron chi connectivity index (χ1n) is 6.63.